The van der Waals surface area contributed by atoms with Crippen molar-refractivity contribution in [1.82, 2.24) is 4.90 Å². The van der Waals surface area contributed by atoms with Crippen molar-refractivity contribution in [3.05, 3.63) is 0 Å². The molecule has 1 amide bonds. The Labute approximate surface area is 117 Å². The van der Waals surface area contributed by atoms with Gasteiger partial charge in [-0.05, 0) is 33.1 Å². The van der Waals surface area contributed by atoms with Crippen LogP contribution in [-0.4, -0.2) is 40.8 Å². The monoisotopic (exact) mass is 319 g/mol. The van der Waals surface area contributed by atoms with Crippen LogP contribution in [-0.2, 0) is 9.53 Å². The van der Waals surface area contributed by atoms with Crippen molar-refractivity contribution < 1.29 is 14.3 Å². The molecule has 4 nitrogen and oxygen atoms in total. The third kappa shape index (κ3) is 4.26. The van der Waals surface area contributed by atoms with Crippen LogP contribution in [0, 0.1) is 11.8 Å². The first-order chi connectivity index (χ1) is 8.24. The highest BCUT2D eigenvalue weighted by Gasteiger charge is 2.34. The number of amides is 1. The molecule has 1 heterocycles. The van der Waals surface area contributed by atoms with E-state index in [9.17, 15) is 9.59 Å². The van der Waals surface area contributed by atoms with E-state index in [1.54, 1.807) is 4.90 Å². The van der Waals surface area contributed by atoms with Gasteiger partial charge < -0.3 is 9.64 Å². The van der Waals surface area contributed by atoms with Crippen molar-refractivity contribution in [2.24, 2.45) is 11.8 Å². The normalized spacial score (nSPS) is 24.8. The van der Waals surface area contributed by atoms with Crippen molar-refractivity contribution in [3.8, 4) is 0 Å². The van der Waals surface area contributed by atoms with Crippen LogP contribution in [0.3, 0.4) is 0 Å². The van der Waals surface area contributed by atoms with E-state index in [0.717, 1.165) is 6.42 Å². The van der Waals surface area contributed by atoms with Crippen LogP contribution in [0.15, 0.2) is 0 Å². The SMILES string of the molecule is CC1CN(C(=O)OC(C)(C)C)CCC1C(=O)CBr. The Hall–Kier alpha value is -0.580. The first-order valence-corrected chi connectivity index (χ1v) is 7.43. The number of halogens is 1. The maximum absolute atomic E-state index is 11.9. The van der Waals surface area contributed by atoms with Gasteiger partial charge in [0.05, 0.1) is 5.33 Å². The van der Waals surface area contributed by atoms with Crippen LogP contribution < -0.4 is 0 Å². The number of likely N-dealkylation sites (tertiary alicyclic amines) is 1. The lowest BCUT2D eigenvalue weighted by Crippen LogP contribution is -2.46. The zero-order valence-corrected chi connectivity index (χ0v) is 13.1. The lowest BCUT2D eigenvalue weighted by atomic mass is 9.84. The molecule has 0 bridgehead atoms. The molecule has 1 saturated heterocycles. The topological polar surface area (TPSA) is 46.6 Å². The smallest absolute Gasteiger partial charge is 0.410 e. The maximum atomic E-state index is 11.9. The lowest BCUT2D eigenvalue weighted by molar-refractivity contribution is -0.123. The van der Waals surface area contributed by atoms with Gasteiger partial charge in [-0.2, -0.15) is 0 Å². The van der Waals surface area contributed by atoms with Gasteiger partial charge in [0.2, 0.25) is 0 Å². The quantitative estimate of drug-likeness (QED) is 0.735. The number of hydrogen-bond donors (Lipinski definition) is 0. The van der Waals surface area contributed by atoms with Crippen molar-refractivity contribution in [1.29, 1.82) is 0 Å². The molecule has 1 aliphatic heterocycles. The van der Waals surface area contributed by atoms with Gasteiger partial charge in [-0.1, -0.05) is 22.9 Å². The minimum absolute atomic E-state index is 0.0584. The van der Waals surface area contributed by atoms with Crippen LogP contribution in [0.1, 0.15) is 34.1 Å². The molecule has 2 unspecified atom stereocenters. The predicted molar refractivity (Wildman–Crippen MR) is 73.9 cm³/mol. The molecule has 0 spiro atoms. The van der Waals surface area contributed by atoms with Crippen LogP contribution in [0.25, 0.3) is 0 Å². The summed E-state index contributed by atoms with van der Waals surface area (Å²) in [7, 11) is 0. The van der Waals surface area contributed by atoms with E-state index in [1.807, 2.05) is 27.7 Å². The summed E-state index contributed by atoms with van der Waals surface area (Å²) in [4.78, 5) is 25.3. The van der Waals surface area contributed by atoms with E-state index in [1.165, 1.54) is 0 Å². The minimum atomic E-state index is -0.469. The van der Waals surface area contributed by atoms with Gasteiger partial charge in [-0.3, -0.25) is 4.79 Å². The number of Topliss-reactive ketones (excluding diaryl/α,β-unsaturated/α-hetero) is 1. The molecule has 0 aromatic heterocycles. The summed E-state index contributed by atoms with van der Waals surface area (Å²) < 4.78 is 5.34. The Balaban J connectivity index is 2.55. The molecule has 1 fully saturated rings. The van der Waals surface area contributed by atoms with E-state index in [4.69, 9.17) is 4.74 Å². The number of nitrogens with zero attached hydrogens (tertiary/aromatic N) is 1. The first-order valence-electron chi connectivity index (χ1n) is 6.31. The highest BCUT2D eigenvalue weighted by atomic mass is 79.9. The Morgan fingerprint density at radius 2 is 2.00 bits per heavy atom. The molecule has 0 N–H and O–H groups in total. The molecule has 1 rings (SSSR count). The molecule has 104 valence electrons. The highest BCUT2D eigenvalue weighted by molar-refractivity contribution is 9.09. The molecule has 0 aromatic carbocycles. The van der Waals surface area contributed by atoms with Crippen molar-refractivity contribution in [2.45, 2.75) is 39.7 Å². The standard InChI is InChI=1S/C13H22BrNO3/c1-9-8-15(12(17)18-13(2,3)4)6-5-10(9)11(16)7-14/h9-10H,5-8H2,1-4H3. The number of piperidine rings is 1. The molecule has 2 atom stereocenters. The summed E-state index contributed by atoms with van der Waals surface area (Å²) >= 11 is 3.21. The highest BCUT2D eigenvalue weighted by Crippen LogP contribution is 2.25. The largest absolute Gasteiger partial charge is 0.444 e. The second-order valence-electron chi connectivity index (χ2n) is 5.90. The van der Waals surface area contributed by atoms with Gasteiger partial charge in [0.15, 0.2) is 0 Å². The molecule has 0 saturated carbocycles. The number of rotatable bonds is 2. The molecule has 0 radical (unpaired) electrons. The van der Waals surface area contributed by atoms with Gasteiger partial charge in [0.25, 0.3) is 0 Å². The summed E-state index contributed by atoms with van der Waals surface area (Å²) in [5, 5.41) is 0.397. The molecule has 18 heavy (non-hydrogen) atoms. The zero-order valence-electron chi connectivity index (χ0n) is 11.5. The van der Waals surface area contributed by atoms with Gasteiger partial charge in [0.1, 0.15) is 11.4 Å². The fourth-order valence-electron chi connectivity index (χ4n) is 2.22. The molecule has 1 aliphatic rings. The van der Waals surface area contributed by atoms with Crippen LogP contribution >= 0.6 is 15.9 Å². The van der Waals surface area contributed by atoms with E-state index in [-0.39, 0.29) is 23.7 Å². The fraction of sp³-hybridized carbons (Fsp3) is 0.846. The van der Waals surface area contributed by atoms with Gasteiger partial charge in [0, 0.05) is 19.0 Å². The van der Waals surface area contributed by atoms with Crippen molar-refractivity contribution in [2.75, 3.05) is 18.4 Å². The molecule has 0 aromatic rings. The number of carbonyl (C=O) groups is 2. The number of alkyl halides is 1. The van der Waals surface area contributed by atoms with Crippen LogP contribution in [0.5, 0.6) is 0 Å². The summed E-state index contributed by atoms with van der Waals surface area (Å²) in [6, 6.07) is 0. The first kappa shape index (κ1) is 15.5. The number of hydrogen-bond acceptors (Lipinski definition) is 3. The van der Waals surface area contributed by atoms with E-state index in [0.29, 0.717) is 18.4 Å². The minimum Gasteiger partial charge on any atom is -0.444 e. The van der Waals surface area contributed by atoms with Gasteiger partial charge in [-0.25, -0.2) is 4.79 Å². The lowest BCUT2D eigenvalue weighted by Gasteiger charge is -2.36. The third-order valence-corrected chi connectivity index (χ3v) is 3.65. The van der Waals surface area contributed by atoms with Crippen LogP contribution in [0.4, 0.5) is 4.79 Å². The Morgan fingerprint density at radius 3 is 2.44 bits per heavy atom. The molecular formula is C13H22BrNO3. The zero-order chi connectivity index (χ0) is 13.9. The van der Waals surface area contributed by atoms with Crippen molar-refractivity contribution >= 4 is 27.8 Å². The summed E-state index contributed by atoms with van der Waals surface area (Å²) in [6.07, 6.45) is 0.448. The second kappa shape index (κ2) is 6.04. The summed E-state index contributed by atoms with van der Waals surface area (Å²) in [5.41, 5.74) is -0.469. The fourth-order valence-corrected chi connectivity index (χ4v) is 2.63. The average molecular weight is 320 g/mol. The predicted octanol–water partition coefficient (Wildman–Crippen LogP) is 2.84. The van der Waals surface area contributed by atoms with E-state index >= 15 is 0 Å². The van der Waals surface area contributed by atoms with E-state index in [2.05, 4.69) is 15.9 Å². The van der Waals surface area contributed by atoms with E-state index < -0.39 is 5.60 Å². The molecule has 5 heteroatoms. The molecule has 0 aliphatic carbocycles. The van der Waals surface area contributed by atoms with Crippen molar-refractivity contribution in [3.63, 3.8) is 0 Å². The van der Waals surface area contributed by atoms with Gasteiger partial charge in [-0.15, -0.1) is 0 Å². The third-order valence-electron chi connectivity index (χ3n) is 3.10. The Bertz CT molecular complexity index is 325. The Kier molecular flexibility index (Phi) is 5.20. The number of carbonyl (C=O) groups excluding carboxylic acids is 2. The average Bonchev–Trinajstić information content (AvgIpc) is 2.25. The summed E-state index contributed by atoms with van der Waals surface area (Å²) in [5.74, 6) is 0.478. The number of ketones is 1. The Morgan fingerprint density at radius 1 is 1.39 bits per heavy atom. The van der Waals surface area contributed by atoms with Crippen LogP contribution in [0.2, 0.25) is 0 Å². The second-order valence-corrected chi connectivity index (χ2v) is 6.46. The molecular weight excluding hydrogens is 298 g/mol. The van der Waals surface area contributed by atoms with Gasteiger partial charge >= 0.3 is 6.09 Å². The maximum Gasteiger partial charge on any atom is 0.410 e. The number of ether oxygens (including phenoxy) is 1. The summed E-state index contributed by atoms with van der Waals surface area (Å²) in [6.45, 7) is 8.78.